The predicted octanol–water partition coefficient (Wildman–Crippen LogP) is 3.62. The molecule has 6 nitrogen and oxygen atoms in total. The van der Waals surface area contributed by atoms with Gasteiger partial charge in [0.2, 0.25) is 0 Å². The Morgan fingerprint density at radius 2 is 1.93 bits per heavy atom. The highest BCUT2D eigenvalue weighted by molar-refractivity contribution is 5.94. The van der Waals surface area contributed by atoms with E-state index in [1.54, 1.807) is 20.4 Å². The molecule has 6 heteroatoms. The number of fused-ring (bicyclic) bond motifs is 1. The quantitative estimate of drug-likeness (QED) is 0.708. The van der Waals surface area contributed by atoms with Crippen LogP contribution in [0.5, 0.6) is 11.5 Å². The van der Waals surface area contributed by atoms with Gasteiger partial charge >= 0.3 is 0 Å². The van der Waals surface area contributed by atoms with Gasteiger partial charge in [0.25, 0.3) is 5.91 Å². The summed E-state index contributed by atoms with van der Waals surface area (Å²) in [6.45, 7) is 0.688. The lowest BCUT2D eigenvalue weighted by Gasteiger charge is -2.26. The first-order chi connectivity index (χ1) is 13.2. The van der Waals surface area contributed by atoms with E-state index in [9.17, 15) is 4.79 Å². The maximum Gasteiger partial charge on any atom is 0.274 e. The van der Waals surface area contributed by atoms with Crippen LogP contribution in [0.25, 0.3) is 11.0 Å². The van der Waals surface area contributed by atoms with Crippen LogP contribution < -0.4 is 9.47 Å². The summed E-state index contributed by atoms with van der Waals surface area (Å²) in [4.78, 5) is 23.9. The van der Waals surface area contributed by atoms with Gasteiger partial charge in [-0.1, -0.05) is 12.1 Å². The summed E-state index contributed by atoms with van der Waals surface area (Å²) in [5, 5.41) is 0. The van der Waals surface area contributed by atoms with Gasteiger partial charge in [0.05, 0.1) is 37.5 Å². The van der Waals surface area contributed by atoms with Crippen LogP contribution in [0.15, 0.2) is 48.7 Å². The minimum Gasteiger partial charge on any atom is -0.497 e. The Kier molecular flexibility index (Phi) is 4.62. The van der Waals surface area contributed by atoms with Crippen LogP contribution in [0, 0.1) is 0 Å². The van der Waals surface area contributed by atoms with Crippen molar-refractivity contribution in [3.63, 3.8) is 0 Å². The van der Waals surface area contributed by atoms with Crippen LogP contribution in [0.4, 0.5) is 0 Å². The number of para-hydroxylation sites is 2. The Morgan fingerprint density at radius 1 is 1.11 bits per heavy atom. The number of benzene rings is 2. The Labute approximate surface area is 157 Å². The Hall–Kier alpha value is -3.15. The van der Waals surface area contributed by atoms with Gasteiger partial charge in [0, 0.05) is 18.2 Å². The second-order valence-electron chi connectivity index (χ2n) is 6.51. The molecular formula is C21H21N3O3. The standard InChI is InChI=1S/C21H21N3O3/c1-26-14-9-10-15(20(12-14)27-2)19-8-5-11-24(19)21(25)18-13-22-16-6-3-4-7-17(16)23-18/h3-4,6-7,9-10,12-13,19H,5,8,11H2,1-2H3/t19-/m1/s1. The van der Waals surface area contributed by atoms with Crippen molar-refractivity contribution in [1.29, 1.82) is 0 Å². The molecule has 138 valence electrons. The molecule has 0 unspecified atom stereocenters. The highest BCUT2D eigenvalue weighted by Crippen LogP contribution is 2.39. The summed E-state index contributed by atoms with van der Waals surface area (Å²) in [6.07, 6.45) is 3.38. The molecule has 1 aromatic heterocycles. The van der Waals surface area contributed by atoms with E-state index in [0.29, 0.717) is 12.2 Å². The second-order valence-corrected chi connectivity index (χ2v) is 6.51. The molecule has 1 saturated heterocycles. The first-order valence-corrected chi connectivity index (χ1v) is 8.96. The summed E-state index contributed by atoms with van der Waals surface area (Å²) in [5.74, 6) is 1.35. The molecule has 1 atom stereocenters. The van der Waals surface area contributed by atoms with Crippen molar-refractivity contribution in [2.24, 2.45) is 0 Å². The third kappa shape index (κ3) is 3.18. The molecule has 0 spiro atoms. The average molecular weight is 363 g/mol. The Balaban J connectivity index is 1.67. The fourth-order valence-electron chi connectivity index (χ4n) is 3.63. The third-order valence-corrected chi connectivity index (χ3v) is 4.98. The lowest BCUT2D eigenvalue weighted by Crippen LogP contribution is -2.31. The molecule has 4 rings (SSSR count). The SMILES string of the molecule is COc1ccc([C@H]2CCCN2C(=O)c2cnc3ccccc3n2)c(OC)c1. The van der Waals surface area contributed by atoms with Crippen LogP contribution in [-0.4, -0.2) is 41.5 Å². The molecule has 2 aromatic carbocycles. The number of ether oxygens (including phenoxy) is 2. The van der Waals surface area contributed by atoms with Crippen molar-refractivity contribution >= 4 is 16.9 Å². The van der Waals surface area contributed by atoms with E-state index in [4.69, 9.17) is 9.47 Å². The van der Waals surface area contributed by atoms with E-state index in [1.165, 1.54) is 0 Å². The molecule has 0 radical (unpaired) electrons. The van der Waals surface area contributed by atoms with Crippen molar-refractivity contribution in [2.75, 3.05) is 20.8 Å². The van der Waals surface area contributed by atoms with Crippen molar-refractivity contribution in [3.8, 4) is 11.5 Å². The Morgan fingerprint density at radius 3 is 2.70 bits per heavy atom. The molecule has 0 N–H and O–H groups in total. The van der Waals surface area contributed by atoms with E-state index in [2.05, 4.69) is 9.97 Å². The van der Waals surface area contributed by atoms with E-state index < -0.39 is 0 Å². The summed E-state index contributed by atoms with van der Waals surface area (Å²) in [7, 11) is 3.26. The van der Waals surface area contributed by atoms with Crippen molar-refractivity contribution in [3.05, 3.63) is 59.9 Å². The number of carbonyl (C=O) groups excluding carboxylic acids is 1. The van der Waals surface area contributed by atoms with Gasteiger partial charge in [-0.25, -0.2) is 4.98 Å². The van der Waals surface area contributed by atoms with Crippen LogP contribution in [-0.2, 0) is 0 Å². The predicted molar refractivity (Wildman–Crippen MR) is 102 cm³/mol. The molecular weight excluding hydrogens is 342 g/mol. The summed E-state index contributed by atoms with van der Waals surface area (Å²) in [6, 6.07) is 13.2. The fraction of sp³-hybridized carbons (Fsp3) is 0.286. The fourth-order valence-corrected chi connectivity index (χ4v) is 3.63. The molecule has 1 fully saturated rings. The van der Waals surface area contributed by atoms with E-state index in [-0.39, 0.29) is 11.9 Å². The number of amides is 1. The largest absolute Gasteiger partial charge is 0.497 e. The molecule has 0 saturated carbocycles. The smallest absolute Gasteiger partial charge is 0.274 e. The van der Waals surface area contributed by atoms with Gasteiger partial charge in [-0.15, -0.1) is 0 Å². The van der Waals surface area contributed by atoms with Crippen LogP contribution in [0.3, 0.4) is 0 Å². The van der Waals surface area contributed by atoms with Gasteiger partial charge in [0.15, 0.2) is 0 Å². The number of likely N-dealkylation sites (tertiary alicyclic amines) is 1. The van der Waals surface area contributed by atoms with Crippen LogP contribution >= 0.6 is 0 Å². The highest BCUT2D eigenvalue weighted by atomic mass is 16.5. The number of hydrogen-bond donors (Lipinski definition) is 0. The number of methoxy groups -OCH3 is 2. The number of hydrogen-bond acceptors (Lipinski definition) is 5. The topological polar surface area (TPSA) is 64.5 Å². The molecule has 0 aliphatic carbocycles. The molecule has 27 heavy (non-hydrogen) atoms. The van der Waals surface area contributed by atoms with Crippen LogP contribution in [0.2, 0.25) is 0 Å². The Bertz CT molecular complexity index is 989. The van der Waals surface area contributed by atoms with Crippen molar-refractivity contribution < 1.29 is 14.3 Å². The lowest BCUT2D eigenvalue weighted by molar-refractivity contribution is 0.0728. The third-order valence-electron chi connectivity index (χ3n) is 4.98. The molecule has 3 aromatic rings. The maximum absolute atomic E-state index is 13.2. The zero-order chi connectivity index (χ0) is 18.8. The van der Waals surface area contributed by atoms with Crippen LogP contribution in [0.1, 0.15) is 34.9 Å². The van der Waals surface area contributed by atoms with E-state index in [0.717, 1.165) is 40.9 Å². The average Bonchev–Trinajstić information content (AvgIpc) is 3.21. The first-order valence-electron chi connectivity index (χ1n) is 8.96. The van der Waals surface area contributed by atoms with Gasteiger partial charge in [-0.05, 0) is 37.1 Å². The number of carbonyl (C=O) groups is 1. The van der Waals surface area contributed by atoms with E-state index >= 15 is 0 Å². The van der Waals surface area contributed by atoms with Crippen molar-refractivity contribution in [2.45, 2.75) is 18.9 Å². The lowest BCUT2D eigenvalue weighted by atomic mass is 10.0. The van der Waals surface area contributed by atoms with E-state index in [1.807, 2.05) is 47.4 Å². The van der Waals surface area contributed by atoms with Gasteiger partial charge in [0.1, 0.15) is 17.2 Å². The minimum atomic E-state index is -0.103. The molecule has 1 aliphatic heterocycles. The summed E-state index contributed by atoms with van der Waals surface area (Å²) >= 11 is 0. The monoisotopic (exact) mass is 363 g/mol. The zero-order valence-corrected chi connectivity index (χ0v) is 15.4. The highest BCUT2D eigenvalue weighted by Gasteiger charge is 2.33. The number of aromatic nitrogens is 2. The maximum atomic E-state index is 13.2. The zero-order valence-electron chi connectivity index (χ0n) is 15.4. The van der Waals surface area contributed by atoms with Gasteiger partial charge in [-0.2, -0.15) is 0 Å². The molecule has 2 heterocycles. The van der Waals surface area contributed by atoms with Gasteiger partial charge in [-0.3, -0.25) is 9.78 Å². The molecule has 1 aliphatic rings. The van der Waals surface area contributed by atoms with Crippen molar-refractivity contribution in [1.82, 2.24) is 14.9 Å². The minimum absolute atomic E-state index is 0.0494. The molecule has 0 bridgehead atoms. The summed E-state index contributed by atoms with van der Waals surface area (Å²) in [5.41, 5.74) is 2.86. The first kappa shape index (κ1) is 17.3. The molecule has 1 amide bonds. The normalized spacial score (nSPS) is 16.5. The summed E-state index contributed by atoms with van der Waals surface area (Å²) < 4.78 is 10.8. The number of nitrogens with zero attached hydrogens (tertiary/aromatic N) is 3. The number of rotatable bonds is 4. The second kappa shape index (κ2) is 7.23. The van der Waals surface area contributed by atoms with Gasteiger partial charge < -0.3 is 14.4 Å².